The summed E-state index contributed by atoms with van der Waals surface area (Å²) in [6.07, 6.45) is 2.01. The molecule has 0 unspecified atom stereocenters. The summed E-state index contributed by atoms with van der Waals surface area (Å²) in [5.74, 6) is -2.24. The fourth-order valence-corrected chi connectivity index (χ4v) is 5.08. The number of thiophene rings is 1. The summed E-state index contributed by atoms with van der Waals surface area (Å²) in [6.45, 7) is -0.334. The molecule has 2 aromatic carbocycles. The summed E-state index contributed by atoms with van der Waals surface area (Å²) in [7, 11) is 0. The SMILES string of the molecule is N#CCNC(=O)C(=O)NCc1ccccc1C(=O)C(=N)CC1(c2cc(Cl)cc(-c3cccs3)c2)CC1. The Kier molecular flexibility index (Phi) is 7.63. The van der Waals surface area contributed by atoms with Gasteiger partial charge in [0.2, 0.25) is 5.78 Å². The number of halogens is 1. The first kappa shape index (κ1) is 25.3. The number of rotatable bonds is 9. The molecule has 0 radical (unpaired) electrons. The summed E-state index contributed by atoms with van der Waals surface area (Å²) >= 11 is 8.06. The van der Waals surface area contributed by atoms with Gasteiger partial charge in [-0.2, -0.15) is 5.26 Å². The second-order valence-electron chi connectivity index (χ2n) is 8.65. The van der Waals surface area contributed by atoms with Crippen LogP contribution in [0, 0.1) is 16.7 Å². The highest BCUT2D eigenvalue weighted by Crippen LogP contribution is 2.52. The molecule has 0 saturated heterocycles. The summed E-state index contributed by atoms with van der Waals surface area (Å²) in [4.78, 5) is 38.0. The molecule has 36 heavy (non-hydrogen) atoms. The lowest BCUT2D eigenvalue weighted by Crippen LogP contribution is -2.39. The van der Waals surface area contributed by atoms with Gasteiger partial charge in [0, 0.05) is 33.8 Å². The van der Waals surface area contributed by atoms with E-state index in [1.807, 2.05) is 29.6 Å². The molecule has 0 aliphatic heterocycles. The van der Waals surface area contributed by atoms with E-state index in [4.69, 9.17) is 22.3 Å². The van der Waals surface area contributed by atoms with Gasteiger partial charge in [0.15, 0.2) is 0 Å². The van der Waals surface area contributed by atoms with Gasteiger partial charge in [0.1, 0.15) is 6.54 Å². The first-order valence-corrected chi connectivity index (χ1v) is 12.6. The van der Waals surface area contributed by atoms with Crippen LogP contribution in [-0.4, -0.2) is 29.9 Å². The normalized spacial score (nSPS) is 13.3. The lowest BCUT2D eigenvalue weighted by molar-refractivity contribution is -0.139. The first-order chi connectivity index (χ1) is 17.3. The minimum absolute atomic E-state index is 0.0179. The maximum Gasteiger partial charge on any atom is 0.310 e. The number of hydrogen-bond donors (Lipinski definition) is 3. The fraction of sp³-hybridized carbons (Fsp3) is 0.222. The van der Waals surface area contributed by atoms with Crippen LogP contribution >= 0.6 is 22.9 Å². The number of carbonyl (C=O) groups excluding carboxylic acids is 3. The molecular formula is C27H23ClN4O3S. The minimum atomic E-state index is -0.924. The zero-order valence-corrected chi connectivity index (χ0v) is 20.8. The molecule has 2 amide bonds. The van der Waals surface area contributed by atoms with Gasteiger partial charge < -0.3 is 16.0 Å². The zero-order valence-electron chi connectivity index (χ0n) is 19.3. The van der Waals surface area contributed by atoms with E-state index in [1.54, 1.807) is 41.7 Å². The van der Waals surface area contributed by atoms with Crippen LogP contribution in [0.4, 0.5) is 0 Å². The van der Waals surface area contributed by atoms with Gasteiger partial charge in [0.05, 0.1) is 11.8 Å². The molecule has 0 bridgehead atoms. The van der Waals surface area contributed by atoms with Crippen molar-refractivity contribution in [2.75, 3.05) is 6.54 Å². The topological polar surface area (TPSA) is 123 Å². The standard InChI is InChI=1S/C27H23ClN4O3S/c28-20-13-18(23-6-3-11-36-23)12-19(14-20)27(7-8-27)15-22(30)24(33)21-5-2-1-4-17(21)16-32-26(35)25(34)31-10-9-29/h1-6,11-14,30H,7-8,10,15-16H2,(H,31,34)(H,32,35). The Balaban J connectivity index is 1.47. The average Bonchev–Trinajstić information content (AvgIpc) is 3.45. The van der Waals surface area contributed by atoms with Gasteiger partial charge >= 0.3 is 11.8 Å². The molecule has 182 valence electrons. The van der Waals surface area contributed by atoms with Crippen molar-refractivity contribution in [1.82, 2.24) is 10.6 Å². The Morgan fingerprint density at radius 1 is 1.06 bits per heavy atom. The highest BCUT2D eigenvalue weighted by Gasteiger charge is 2.46. The maximum atomic E-state index is 13.3. The number of nitriles is 1. The van der Waals surface area contributed by atoms with E-state index in [-0.39, 0.29) is 30.6 Å². The van der Waals surface area contributed by atoms with E-state index < -0.39 is 17.6 Å². The van der Waals surface area contributed by atoms with Crippen LogP contribution < -0.4 is 10.6 Å². The molecule has 1 aliphatic carbocycles. The van der Waals surface area contributed by atoms with Crippen LogP contribution in [0.2, 0.25) is 5.02 Å². The number of Topliss-reactive ketones (excluding diaryl/α,β-unsaturated/α-hetero) is 1. The van der Waals surface area contributed by atoms with Crippen LogP contribution in [0.5, 0.6) is 0 Å². The number of nitrogens with one attached hydrogen (secondary N) is 3. The van der Waals surface area contributed by atoms with Crippen molar-refractivity contribution in [2.45, 2.75) is 31.2 Å². The molecule has 3 aromatic rings. The Labute approximate surface area is 217 Å². The number of benzene rings is 2. The Hall–Kier alpha value is -3.80. The fourth-order valence-electron chi connectivity index (χ4n) is 4.13. The third-order valence-corrected chi connectivity index (χ3v) is 7.33. The van der Waals surface area contributed by atoms with Gasteiger partial charge in [-0.05, 0) is 59.2 Å². The summed E-state index contributed by atoms with van der Waals surface area (Å²) < 4.78 is 0. The second kappa shape index (κ2) is 10.9. The largest absolute Gasteiger partial charge is 0.344 e. The molecule has 1 fully saturated rings. The van der Waals surface area contributed by atoms with Gasteiger partial charge in [-0.3, -0.25) is 14.4 Å². The van der Waals surface area contributed by atoms with Gasteiger partial charge in [-0.25, -0.2) is 0 Å². The van der Waals surface area contributed by atoms with Crippen molar-refractivity contribution < 1.29 is 14.4 Å². The predicted molar refractivity (Wildman–Crippen MR) is 139 cm³/mol. The Morgan fingerprint density at radius 2 is 1.81 bits per heavy atom. The third-order valence-electron chi connectivity index (χ3n) is 6.19. The van der Waals surface area contributed by atoms with Crippen LogP contribution in [0.1, 0.15) is 40.7 Å². The quantitative estimate of drug-likeness (QED) is 0.165. The van der Waals surface area contributed by atoms with Crippen LogP contribution in [0.15, 0.2) is 60.0 Å². The van der Waals surface area contributed by atoms with Gasteiger partial charge in [-0.1, -0.05) is 41.9 Å². The molecule has 0 spiro atoms. The van der Waals surface area contributed by atoms with Gasteiger partial charge in [-0.15, -0.1) is 11.3 Å². The first-order valence-electron chi connectivity index (χ1n) is 11.3. The van der Waals surface area contributed by atoms with Gasteiger partial charge in [0.25, 0.3) is 0 Å². The summed E-state index contributed by atoms with van der Waals surface area (Å²) in [5, 5.41) is 24.4. The van der Waals surface area contributed by atoms with Crippen LogP contribution in [0.3, 0.4) is 0 Å². The van der Waals surface area contributed by atoms with E-state index in [9.17, 15) is 14.4 Å². The zero-order chi connectivity index (χ0) is 25.7. The van der Waals surface area contributed by atoms with E-state index in [2.05, 4.69) is 16.7 Å². The summed E-state index contributed by atoms with van der Waals surface area (Å²) in [5.41, 5.74) is 2.54. The van der Waals surface area contributed by atoms with Crippen molar-refractivity contribution in [2.24, 2.45) is 0 Å². The maximum absolute atomic E-state index is 13.3. The lowest BCUT2D eigenvalue weighted by atomic mass is 9.86. The van der Waals surface area contributed by atoms with Crippen LogP contribution in [-0.2, 0) is 21.5 Å². The number of hydrogen-bond acceptors (Lipinski definition) is 6. The minimum Gasteiger partial charge on any atom is -0.344 e. The number of amides is 2. The highest BCUT2D eigenvalue weighted by atomic mass is 35.5. The number of ketones is 1. The van der Waals surface area contributed by atoms with Crippen molar-refractivity contribution in [3.8, 4) is 16.5 Å². The molecule has 9 heteroatoms. The molecule has 1 aromatic heterocycles. The molecule has 3 N–H and O–H groups in total. The molecule has 7 nitrogen and oxygen atoms in total. The van der Waals surface area contributed by atoms with Crippen molar-refractivity contribution in [3.63, 3.8) is 0 Å². The summed E-state index contributed by atoms with van der Waals surface area (Å²) in [6, 6.07) is 18.4. The Morgan fingerprint density at radius 3 is 2.50 bits per heavy atom. The van der Waals surface area contributed by atoms with E-state index in [0.717, 1.165) is 28.8 Å². The monoisotopic (exact) mass is 518 g/mol. The predicted octanol–water partition coefficient (Wildman–Crippen LogP) is 4.65. The lowest BCUT2D eigenvalue weighted by Gasteiger charge is -2.18. The smallest absolute Gasteiger partial charge is 0.310 e. The van der Waals surface area contributed by atoms with Crippen molar-refractivity contribution >= 4 is 46.2 Å². The Bertz CT molecular complexity index is 1370. The highest BCUT2D eigenvalue weighted by molar-refractivity contribution is 7.13. The van der Waals surface area contributed by atoms with E-state index in [0.29, 0.717) is 16.1 Å². The molecule has 1 heterocycles. The van der Waals surface area contributed by atoms with E-state index >= 15 is 0 Å². The molecule has 1 saturated carbocycles. The molecule has 1 aliphatic rings. The van der Waals surface area contributed by atoms with Crippen molar-refractivity contribution in [1.29, 1.82) is 10.7 Å². The number of carbonyl (C=O) groups is 3. The third kappa shape index (κ3) is 5.70. The molecular weight excluding hydrogens is 496 g/mol. The molecule has 4 rings (SSSR count). The van der Waals surface area contributed by atoms with Crippen molar-refractivity contribution in [3.05, 3.63) is 81.7 Å². The second-order valence-corrected chi connectivity index (χ2v) is 10.0. The average molecular weight is 519 g/mol. The van der Waals surface area contributed by atoms with Crippen LogP contribution in [0.25, 0.3) is 10.4 Å². The van der Waals surface area contributed by atoms with E-state index in [1.165, 1.54) is 0 Å². The molecule has 0 atom stereocenters. The number of nitrogens with zero attached hydrogens (tertiary/aromatic N) is 1.